The molecule has 0 aliphatic heterocycles. The number of hydrogen-bond donors (Lipinski definition) is 1. The SMILES string of the molecule is COC(=O)CNc1cc(N(C)C2CCCC2)ncn1. The summed E-state index contributed by atoms with van der Waals surface area (Å²) >= 11 is 0. The quantitative estimate of drug-likeness (QED) is 0.812. The van der Waals surface area contributed by atoms with Crippen molar-refractivity contribution in [2.24, 2.45) is 0 Å². The lowest BCUT2D eigenvalue weighted by Gasteiger charge is -2.25. The predicted octanol–water partition coefficient (Wildman–Crippen LogP) is 1.44. The molecule has 0 radical (unpaired) electrons. The Hall–Kier alpha value is -1.85. The average molecular weight is 264 g/mol. The number of carbonyl (C=O) groups is 1. The van der Waals surface area contributed by atoms with Crippen molar-refractivity contribution in [1.82, 2.24) is 9.97 Å². The highest BCUT2D eigenvalue weighted by Crippen LogP contribution is 2.26. The van der Waals surface area contributed by atoms with Crippen LogP contribution in [-0.4, -0.2) is 42.7 Å². The number of methoxy groups -OCH3 is 1. The third-order valence-corrected chi connectivity index (χ3v) is 3.53. The average Bonchev–Trinajstić information content (AvgIpc) is 2.98. The third-order valence-electron chi connectivity index (χ3n) is 3.53. The Morgan fingerprint density at radius 1 is 1.47 bits per heavy atom. The van der Waals surface area contributed by atoms with Gasteiger partial charge in [0.15, 0.2) is 0 Å². The maximum absolute atomic E-state index is 11.1. The molecule has 1 aliphatic rings. The molecule has 0 spiro atoms. The fraction of sp³-hybridized carbons (Fsp3) is 0.615. The highest BCUT2D eigenvalue weighted by molar-refractivity contribution is 5.74. The van der Waals surface area contributed by atoms with Crippen molar-refractivity contribution in [3.63, 3.8) is 0 Å². The highest BCUT2D eigenvalue weighted by atomic mass is 16.5. The number of nitrogens with zero attached hydrogens (tertiary/aromatic N) is 3. The number of carbonyl (C=O) groups excluding carboxylic acids is 1. The topological polar surface area (TPSA) is 67.3 Å². The van der Waals surface area contributed by atoms with Gasteiger partial charge < -0.3 is 15.0 Å². The van der Waals surface area contributed by atoms with Gasteiger partial charge in [-0.2, -0.15) is 0 Å². The van der Waals surface area contributed by atoms with Crippen LogP contribution in [0.4, 0.5) is 11.6 Å². The van der Waals surface area contributed by atoms with E-state index in [1.807, 2.05) is 6.07 Å². The van der Waals surface area contributed by atoms with Gasteiger partial charge in [0.25, 0.3) is 0 Å². The minimum absolute atomic E-state index is 0.111. The molecule has 2 rings (SSSR count). The van der Waals surface area contributed by atoms with Gasteiger partial charge in [0.1, 0.15) is 24.5 Å². The second-order valence-corrected chi connectivity index (χ2v) is 4.74. The fourth-order valence-corrected chi connectivity index (χ4v) is 2.35. The van der Waals surface area contributed by atoms with Crippen molar-refractivity contribution in [3.05, 3.63) is 12.4 Å². The van der Waals surface area contributed by atoms with Gasteiger partial charge in [-0.3, -0.25) is 4.79 Å². The van der Waals surface area contributed by atoms with Crippen LogP contribution >= 0.6 is 0 Å². The predicted molar refractivity (Wildman–Crippen MR) is 73.2 cm³/mol. The van der Waals surface area contributed by atoms with Crippen LogP contribution < -0.4 is 10.2 Å². The van der Waals surface area contributed by atoms with E-state index in [1.165, 1.54) is 39.1 Å². The molecule has 0 aromatic carbocycles. The summed E-state index contributed by atoms with van der Waals surface area (Å²) in [4.78, 5) is 21.7. The van der Waals surface area contributed by atoms with Gasteiger partial charge in [-0.1, -0.05) is 12.8 Å². The van der Waals surface area contributed by atoms with Crippen LogP contribution in [0.2, 0.25) is 0 Å². The molecule has 6 nitrogen and oxygen atoms in total. The van der Waals surface area contributed by atoms with Crippen LogP contribution in [0, 0.1) is 0 Å². The van der Waals surface area contributed by atoms with Crippen LogP contribution in [0.5, 0.6) is 0 Å². The van der Waals surface area contributed by atoms with E-state index < -0.39 is 0 Å². The number of aromatic nitrogens is 2. The van der Waals surface area contributed by atoms with Crippen LogP contribution in [0.3, 0.4) is 0 Å². The summed E-state index contributed by atoms with van der Waals surface area (Å²) in [7, 11) is 3.42. The maximum Gasteiger partial charge on any atom is 0.325 e. The zero-order valence-corrected chi connectivity index (χ0v) is 11.4. The zero-order chi connectivity index (χ0) is 13.7. The zero-order valence-electron chi connectivity index (χ0n) is 11.4. The van der Waals surface area contributed by atoms with E-state index >= 15 is 0 Å². The number of nitrogens with one attached hydrogen (secondary N) is 1. The molecule has 6 heteroatoms. The van der Waals surface area contributed by atoms with E-state index in [1.54, 1.807) is 0 Å². The first-order valence-corrected chi connectivity index (χ1v) is 6.56. The molecule has 0 bridgehead atoms. The smallest absolute Gasteiger partial charge is 0.325 e. The Kier molecular flexibility index (Phi) is 4.54. The van der Waals surface area contributed by atoms with Crippen molar-refractivity contribution >= 4 is 17.6 Å². The Bertz CT molecular complexity index is 432. The monoisotopic (exact) mass is 264 g/mol. The lowest BCUT2D eigenvalue weighted by molar-refractivity contribution is -0.138. The molecule has 0 atom stereocenters. The second kappa shape index (κ2) is 6.36. The molecule has 0 unspecified atom stereocenters. The molecule has 19 heavy (non-hydrogen) atoms. The third kappa shape index (κ3) is 3.56. The molecule has 1 fully saturated rings. The van der Waals surface area contributed by atoms with Crippen LogP contribution in [0.25, 0.3) is 0 Å². The van der Waals surface area contributed by atoms with E-state index in [9.17, 15) is 4.79 Å². The standard InChI is InChI=1S/C13H20N4O2/c1-17(10-5-3-4-6-10)12-7-11(15-9-16-12)14-8-13(18)19-2/h7,9-10H,3-6,8H2,1-2H3,(H,14,15,16). The van der Waals surface area contributed by atoms with E-state index in [-0.39, 0.29) is 12.5 Å². The molecule has 1 aliphatic carbocycles. The van der Waals surface area contributed by atoms with Crippen molar-refractivity contribution in [1.29, 1.82) is 0 Å². The van der Waals surface area contributed by atoms with Crippen LogP contribution in [0.15, 0.2) is 12.4 Å². The van der Waals surface area contributed by atoms with Gasteiger partial charge in [0.05, 0.1) is 7.11 Å². The first kappa shape index (κ1) is 13.6. The van der Waals surface area contributed by atoms with Gasteiger partial charge in [0.2, 0.25) is 0 Å². The molecule has 1 aromatic heterocycles. The molecular weight excluding hydrogens is 244 g/mol. The molecule has 1 aromatic rings. The van der Waals surface area contributed by atoms with Gasteiger partial charge in [-0.05, 0) is 12.8 Å². The summed E-state index contributed by atoms with van der Waals surface area (Å²) in [5.74, 6) is 1.21. The van der Waals surface area contributed by atoms with Gasteiger partial charge in [0, 0.05) is 19.2 Å². The summed E-state index contributed by atoms with van der Waals surface area (Å²) in [5, 5.41) is 2.93. The fourth-order valence-electron chi connectivity index (χ4n) is 2.35. The van der Waals surface area contributed by atoms with Crippen LogP contribution in [0.1, 0.15) is 25.7 Å². The first-order chi connectivity index (χ1) is 9.20. The Morgan fingerprint density at radius 3 is 2.89 bits per heavy atom. The molecule has 1 N–H and O–H groups in total. The lowest BCUT2D eigenvalue weighted by Crippen LogP contribution is -2.29. The molecule has 1 heterocycles. The number of anilines is 2. The molecule has 0 amide bonds. The van der Waals surface area contributed by atoms with E-state index in [0.29, 0.717) is 11.9 Å². The van der Waals surface area contributed by atoms with Gasteiger partial charge in [-0.15, -0.1) is 0 Å². The Balaban J connectivity index is 1.99. The summed E-state index contributed by atoms with van der Waals surface area (Å²) in [6.45, 7) is 0.111. The summed E-state index contributed by atoms with van der Waals surface area (Å²) in [6, 6.07) is 2.42. The molecule has 1 saturated carbocycles. The van der Waals surface area contributed by atoms with Crippen molar-refractivity contribution in [3.8, 4) is 0 Å². The normalized spacial score (nSPS) is 15.3. The summed E-state index contributed by atoms with van der Waals surface area (Å²) in [5.41, 5.74) is 0. The molecular formula is C13H20N4O2. The van der Waals surface area contributed by atoms with Crippen molar-refractivity contribution in [2.75, 3.05) is 30.9 Å². The van der Waals surface area contributed by atoms with Crippen molar-refractivity contribution in [2.45, 2.75) is 31.7 Å². The highest BCUT2D eigenvalue weighted by Gasteiger charge is 2.20. The number of esters is 1. The van der Waals surface area contributed by atoms with Gasteiger partial charge in [-0.25, -0.2) is 9.97 Å². The second-order valence-electron chi connectivity index (χ2n) is 4.74. The van der Waals surface area contributed by atoms with E-state index in [4.69, 9.17) is 0 Å². The van der Waals surface area contributed by atoms with Crippen LogP contribution in [-0.2, 0) is 9.53 Å². The number of hydrogen-bond acceptors (Lipinski definition) is 6. The van der Waals surface area contributed by atoms with E-state index in [0.717, 1.165) is 5.82 Å². The van der Waals surface area contributed by atoms with Gasteiger partial charge >= 0.3 is 5.97 Å². The summed E-state index contributed by atoms with van der Waals surface area (Å²) in [6.07, 6.45) is 6.51. The first-order valence-electron chi connectivity index (χ1n) is 6.56. The molecule has 104 valence electrons. The molecule has 0 saturated heterocycles. The van der Waals surface area contributed by atoms with Crippen molar-refractivity contribution < 1.29 is 9.53 Å². The largest absolute Gasteiger partial charge is 0.468 e. The number of ether oxygens (including phenoxy) is 1. The minimum atomic E-state index is -0.315. The Labute approximate surface area is 113 Å². The van der Waals surface area contributed by atoms with E-state index in [2.05, 4.69) is 32.0 Å². The minimum Gasteiger partial charge on any atom is -0.468 e. The Morgan fingerprint density at radius 2 is 2.21 bits per heavy atom. The summed E-state index contributed by atoms with van der Waals surface area (Å²) < 4.78 is 4.58. The lowest BCUT2D eigenvalue weighted by atomic mass is 10.2. The maximum atomic E-state index is 11.1. The number of rotatable bonds is 5.